The molecule has 0 bridgehead atoms. The van der Waals surface area contributed by atoms with Crippen molar-refractivity contribution in [3.05, 3.63) is 34.9 Å². The molecule has 1 unspecified atom stereocenters. The minimum atomic E-state index is -0.423. The van der Waals surface area contributed by atoms with Crippen LogP contribution in [0.4, 0.5) is 0 Å². The van der Waals surface area contributed by atoms with E-state index in [2.05, 4.69) is 4.74 Å². The molecule has 3 heteroatoms. The molecule has 1 aromatic carbocycles. The summed E-state index contributed by atoms with van der Waals surface area (Å²) in [5.74, 6) is -1.25. The zero-order chi connectivity index (χ0) is 11.0. The van der Waals surface area contributed by atoms with E-state index in [9.17, 15) is 9.59 Å². The molecule has 15 heavy (non-hydrogen) atoms. The van der Waals surface area contributed by atoms with Gasteiger partial charge >= 0.3 is 11.9 Å². The lowest BCUT2D eigenvalue weighted by molar-refractivity contribution is -0.152. The van der Waals surface area contributed by atoms with Crippen molar-refractivity contribution in [2.24, 2.45) is 0 Å². The van der Waals surface area contributed by atoms with Crippen LogP contribution in [-0.4, -0.2) is 11.9 Å². The number of cyclic esters (lactones) is 2. The number of carbonyl (C=O) groups is 2. The van der Waals surface area contributed by atoms with E-state index in [-0.39, 0.29) is 6.42 Å². The van der Waals surface area contributed by atoms with E-state index in [0.29, 0.717) is 0 Å². The van der Waals surface area contributed by atoms with Crippen molar-refractivity contribution < 1.29 is 14.3 Å². The molecule has 0 N–H and O–H groups in total. The molecule has 2 rings (SSSR count). The fraction of sp³-hybridized carbons (Fsp3) is 0.333. The van der Waals surface area contributed by atoms with Gasteiger partial charge in [0.15, 0.2) is 0 Å². The summed E-state index contributed by atoms with van der Waals surface area (Å²) in [6, 6.07) is 5.83. The maximum Gasteiger partial charge on any atom is 0.321 e. The Bertz CT molecular complexity index is 414. The topological polar surface area (TPSA) is 43.4 Å². The Balaban J connectivity index is 2.46. The van der Waals surface area contributed by atoms with E-state index >= 15 is 0 Å². The van der Waals surface area contributed by atoms with Gasteiger partial charge in [0, 0.05) is 0 Å². The summed E-state index contributed by atoms with van der Waals surface area (Å²) in [7, 11) is 0. The highest BCUT2D eigenvalue weighted by Gasteiger charge is 2.36. The van der Waals surface area contributed by atoms with E-state index < -0.39 is 17.9 Å². The van der Waals surface area contributed by atoms with Gasteiger partial charge in [-0.3, -0.25) is 9.59 Å². The van der Waals surface area contributed by atoms with Gasteiger partial charge in [-0.15, -0.1) is 0 Å². The predicted molar refractivity (Wildman–Crippen MR) is 54.4 cm³/mol. The average molecular weight is 204 g/mol. The minimum Gasteiger partial charge on any atom is -0.393 e. The molecule has 0 aliphatic carbocycles. The Kier molecular flexibility index (Phi) is 2.31. The first-order valence-corrected chi connectivity index (χ1v) is 4.90. The second-order valence-electron chi connectivity index (χ2n) is 3.86. The van der Waals surface area contributed by atoms with Crippen LogP contribution >= 0.6 is 0 Å². The van der Waals surface area contributed by atoms with Crippen molar-refractivity contribution in [3.63, 3.8) is 0 Å². The van der Waals surface area contributed by atoms with E-state index in [0.717, 1.165) is 16.7 Å². The third-order valence-corrected chi connectivity index (χ3v) is 2.76. The SMILES string of the molecule is Cc1cccc(C)c1C1CC(=O)OC1=O. The molecule has 1 heterocycles. The molecule has 3 nitrogen and oxygen atoms in total. The fourth-order valence-corrected chi connectivity index (χ4v) is 2.07. The first-order valence-electron chi connectivity index (χ1n) is 4.90. The van der Waals surface area contributed by atoms with Crippen molar-refractivity contribution in [1.29, 1.82) is 0 Å². The predicted octanol–water partition coefficient (Wildman–Crippen LogP) is 1.86. The summed E-state index contributed by atoms with van der Waals surface area (Å²) in [6.07, 6.45) is 0.171. The van der Waals surface area contributed by atoms with E-state index in [1.54, 1.807) is 0 Å². The van der Waals surface area contributed by atoms with Crippen molar-refractivity contribution in [3.8, 4) is 0 Å². The molecule has 78 valence electrons. The van der Waals surface area contributed by atoms with Crippen LogP contribution in [-0.2, 0) is 14.3 Å². The molecular weight excluding hydrogens is 192 g/mol. The van der Waals surface area contributed by atoms with Gasteiger partial charge in [-0.1, -0.05) is 18.2 Å². The molecule has 0 saturated carbocycles. The highest BCUT2D eigenvalue weighted by Crippen LogP contribution is 2.31. The van der Waals surface area contributed by atoms with Crippen molar-refractivity contribution in [2.75, 3.05) is 0 Å². The number of benzene rings is 1. The quantitative estimate of drug-likeness (QED) is 0.518. The Morgan fingerprint density at radius 1 is 1.20 bits per heavy atom. The molecule has 0 amide bonds. The van der Waals surface area contributed by atoms with Crippen LogP contribution in [0.15, 0.2) is 18.2 Å². The maximum atomic E-state index is 11.4. The largest absolute Gasteiger partial charge is 0.393 e. The Morgan fingerprint density at radius 3 is 2.27 bits per heavy atom. The number of esters is 2. The van der Waals surface area contributed by atoms with Gasteiger partial charge in [0.2, 0.25) is 0 Å². The Hall–Kier alpha value is -1.64. The van der Waals surface area contributed by atoms with Crippen molar-refractivity contribution in [2.45, 2.75) is 26.2 Å². The van der Waals surface area contributed by atoms with Gasteiger partial charge in [0.05, 0.1) is 12.3 Å². The van der Waals surface area contributed by atoms with Crippen molar-refractivity contribution >= 4 is 11.9 Å². The first-order chi connectivity index (χ1) is 7.09. The third-order valence-electron chi connectivity index (χ3n) is 2.76. The van der Waals surface area contributed by atoms with Gasteiger partial charge < -0.3 is 4.74 Å². The lowest BCUT2D eigenvalue weighted by Crippen LogP contribution is -2.08. The number of carbonyl (C=O) groups excluding carboxylic acids is 2. The summed E-state index contributed by atoms with van der Waals surface area (Å²) >= 11 is 0. The molecule has 0 aromatic heterocycles. The van der Waals surface area contributed by atoms with E-state index in [1.165, 1.54) is 0 Å². The summed E-state index contributed by atoms with van der Waals surface area (Å²) < 4.78 is 4.56. The molecule has 1 atom stereocenters. The second kappa shape index (κ2) is 3.50. The van der Waals surface area contributed by atoms with E-state index in [4.69, 9.17) is 0 Å². The van der Waals surface area contributed by atoms with Crippen LogP contribution in [0.5, 0.6) is 0 Å². The summed E-state index contributed by atoms with van der Waals surface area (Å²) in [4.78, 5) is 22.5. The average Bonchev–Trinajstić information content (AvgIpc) is 2.45. The third kappa shape index (κ3) is 1.65. The lowest BCUT2D eigenvalue weighted by atomic mass is 9.90. The monoisotopic (exact) mass is 204 g/mol. The standard InChI is InChI=1S/C12H12O3/c1-7-4-3-5-8(2)11(7)9-6-10(13)15-12(9)14/h3-5,9H,6H2,1-2H3. The number of aryl methyl sites for hydroxylation is 2. The Morgan fingerprint density at radius 2 is 1.80 bits per heavy atom. The summed E-state index contributed by atoms with van der Waals surface area (Å²) in [6.45, 7) is 3.89. The summed E-state index contributed by atoms with van der Waals surface area (Å²) in [5, 5.41) is 0. The zero-order valence-corrected chi connectivity index (χ0v) is 8.74. The number of ether oxygens (including phenoxy) is 1. The Labute approximate surface area is 88.1 Å². The number of rotatable bonds is 1. The molecule has 1 fully saturated rings. The number of hydrogen-bond donors (Lipinski definition) is 0. The van der Waals surface area contributed by atoms with Gasteiger partial charge in [0.25, 0.3) is 0 Å². The zero-order valence-electron chi connectivity index (χ0n) is 8.74. The van der Waals surface area contributed by atoms with Crippen LogP contribution in [0.25, 0.3) is 0 Å². The highest BCUT2D eigenvalue weighted by molar-refractivity contribution is 5.98. The van der Waals surface area contributed by atoms with Gasteiger partial charge in [0.1, 0.15) is 0 Å². The molecule has 1 aliphatic heterocycles. The molecule has 1 saturated heterocycles. The van der Waals surface area contributed by atoms with Crippen LogP contribution < -0.4 is 0 Å². The lowest BCUT2D eigenvalue weighted by Gasteiger charge is -2.12. The van der Waals surface area contributed by atoms with Crippen LogP contribution in [0, 0.1) is 13.8 Å². The van der Waals surface area contributed by atoms with Crippen molar-refractivity contribution in [1.82, 2.24) is 0 Å². The van der Waals surface area contributed by atoms with Crippen LogP contribution in [0.2, 0.25) is 0 Å². The van der Waals surface area contributed by atoms with Crippen LogP contribution in [0.3, 0.4) is 0 Å². The minimum absolute atomic E-state index is 0.171. The molecule has 0 spiro atoms. The fourth-order valence-electron chi connectivity index (χ4n) is 2.07. The van der Waals surface area contributed by atoms with Gasteiger partial charge in [-0.2, -0.15) is 0 Å². The second-order valence-corrected chi connectivity index (χ2v) is 3.86. The smallest absolute Gasteiger partial charge is 0.321 e. The van der Waals surface area contributed by atoms with Gasteiger partial charge in [-0.25, -0.2) is 0 Å². The van der Waals surface area contributed by atoms with E-state index in [1.807, 2.05) is 32.0 Å². The molecular formula is C12H12O3. The molecule has 0 radical (unpaired) electrons. The molecule has 1 aromatic rings. The maximum absolute atomic E-state index is 11.4. The normalized spacial score (nSPS) is 20.5. The number of hydrogen-bond acceptors (Lipinski definition) is 3. The van der Waals surface area contributed by atoms with Crippen LogP contribution in [0.1, 0.15) is 29.0 Å². The highest BCUT2D eigenvalue weighted by atomic mass is 16.6. The van der Waals surface area contributed by atoms with Gasteiger partial charge in [-0.05, 0) is 30.5 Å². The molecule has 1 aliphatic rings. The summed E-state index contributed by atoms with van der Waals surface area (Å²) in [5.41, 5.74) is 3.01. The first kappa shape index (κ1) is 9.90.